The summed E-state index contributed by atoms with van der Waals surface area (Å²) < 4.78 is 0. The second kappa shape index (κ2) is 6.96. The maximum atomic E-state index is 12.0. The van der Waals surface area contributed by atoms with Crippen molar-refractivity contribution < 1.29 is 4.79 Å². The SMILES string of the molecule is CCSc1cccc(NC(=O)C[C@@H]2CCC[C@H]2N)c1. The molecule has 1 saturated carbocycles. The van der Waals surface area contributed by atoms with Gasteiger partial charge in [0.25, 0.3) is 0 Å². The van der Waals surface area contributed by atoms with Gasteiger partial charge in [0.05, 0.1) is 0 Å². The fraction of sp³-hybridized carbons (Fsp3) is 0.533. The average molecular weight is 278 g/mol. The molecule has 0 radical (unpaired) electrons. The first-order valence-electron chi connectivity index (χ1n) is 6.97. The van der Waals surface area contributed by atoms with Crippen LogP contribution in [0.2, 0.25) is 0 Å². The third kappa shape index (κ3) is 4.25. The van der Waals surface area contributed by atoms with Gasteiger partial charge in [0, 0.05) is 23.0 Å². The van der Waals surface area contributed by atoms with Crippen LogP contribution in [0.5, 0.6) is 0 Å². The number of amides is 1. The van der Waals surface area contributed by atoms with E-state index in [0.29, 0.717) is 12.3 Å². The monoisotopic (exact) mass is 278 g/mol. The second-order valence-corrected chi connectivity index (χ2v) is 6.41. The van der Waals surface area contributed by atoms with Crippen LogP contribution >= 0.6 is 11.8 Å². The van der Waals surface area contributed by atoms with Gasteiger partial charge in [0.1, 0.15) is 0 Å². The lowest BCUT2D eigenvalue weighted by atomic mass is 10.00. The molecule has 1 fully saturated rings. The Morgan fingerprint density at radius 1 is 1.47 bits per heavy atom. The van der Waals surface area contributed by atoms with Crippen molar-refractivity contribution in [3.63, 3.8) is 0 Å². The topological polar surface area (TPSA) is 55.1 Å². The lowest BCUT2D eigenvalue weighted by Gasteiger charge is -2.15. The van der Waals surface area contributed by atoms with E-state index in [1.54, 1.807) is 11.8 Å². The number of anilines is 1. The van der Waals surface area contributed by atoms with Crippen molar-refractivity contribution in [3.05, 3.63) is 24.3 Å². The zero-order chi connectivity index (χ0) is 13.7. The number of thioether (sulfide) groups is 1. The molecule has 1 aromatic carbocycles. The smallest absolute Gasteiger partial charge is 0.224 e. The van der Waals surface area contributed by atoms with E-state index >= 15 is 0 Å². The number of benzene rings is 1. The quantitative estimate of drug-likeness (QED) is 0.813. The van der Waals surface area contributed by atoms with Crippen LogP contribution in [0, 0.1) is 5.92 Å². The fourth-order valence-corrected chi connectivity index (χ4v) is 3.32. The van der Waals surface area contributed by atoms with Crippen molar-refractivity contribution in [2.45, 2.75) is 43.5 Å². The molecular weight excluding hydrogens is 256 g/mol. The summed E-state index contributed by atoms with van der Waals surface area (Å²) in [7, 11) is 0. The molecular formula is C15H22N2OS. The lowest BCUT2D eigenvalue weighted by molar-refractivity contribution is -0.117. The summed E-state index contributed by atoms with van der Waals surface area (Å²) in [5.41, 5.74) is 6.89. The summed E-state index contributed by atoms with van der Waals surface area (Å²) in [6, 6.07) is 8.21. The minimum Gasteiger partial charge on any atom is -0.327 e. The van der Waals surface area contributed by atoms with Crippen molar-refractivity contribution >= 4 is 23.4 Å². The molecule has 2 atom stereocenters. The highest BCUT2D eigenvalue weighted by Gasteiger charge is 2.25. The fourth-order valence-electron chi connectivity index (χ4n) is 2.60. The van der Waals surface area contributed by atoms with Crippen LogP contribution in [-0.2, 0) is 4.79 Å². The third-order valence-electron chi connectivity index (χ3n) is 3.59. The van der Waals surface area contributed by atoms with Crippen LogP contribution in [0.3, 0.4) is 0 Å². The molecule has 104 valence electrons. The highest BCUT2D eigenvalue weighted by atomic mass is 32.2. The average Bonchev–Trinajstić information content (AvgIpc) is 2.76. The Kier molecular flexibility index (Phi) is 5.28. The molecule has 0 aromatic heterocycles. The van der Waals surface area contributed by atoms with Gasteiger partial charge in [-0.15, -0.1) is 11.8 Å². The molecule has 19 heavy (non-hydrogen) atoms. The zero-order valence-electron chi connectivity index (χ0n) is 11.4. The van der Waals surface area contributed by atoms with Gasteiger partial charge in [-0.05, 0) is 42.7 Å². The van der Waals surface area contributed by atoms with Gasteiger partial charge < -0.3 is 11.1 Å². The van der Waals surface area contributed by atoms with Crippen molar-refractivity contribution in [2.24, 2.45) is 11.7 Å². The van der Waals surface area contributed by atoms with Gasteiger partial charge in [-0.25, -0.2) is 0 Å². The first kappa shape index (κ1) is 14.4. The highest BCUT2D eigenvalue weighted by molar-refractivity contribution is 7.99. The molecule has 1 amide bonds. The maximum absolute atomic E-state index is 12.0. The normalized spacial score (nSPS) is 22.4. The minimum atomic E-state index is 0.0843. The van der Waals surface area contributed by atoms with Gasteiger partial charge in [0.2, 0.25) is 5.91 Å². The number of nitrogens with two attached hydrogens (primary N) is 1. The largest absolute Gasteiger partial charge is 0.327 e. The molecule has 2 rings (SSSR count). The number of hydrogen-bond acceptors (Lipinski definition) is 3. The van der Waals surface area contributed by atoms with Gasteiger partial charge in [-0.3, -0.25) is 4.79 Å². The van der Waals surface area contributed by atoms with Crippen molar-refractivity contribution in [1.29, 1.82) is 0 Å². The number of nitrogens with one attached hydrogen (secondary N) is 1. The van der Waals surface area contributed by atoms with Gasteiger partial charge in [-0.1, -0.05) is 19.4 Å². The van der Waals surface area contributed by atoms with Crippen molar-refractivity contribution in [2.75, 3.05) is 11.1 Å². The Labute approximate surface area is 119 Å². The van der Waals surface area contributed by atoms with Crippen LogP contribution < -0.4 is 11.1 Å². The molecule has 0 bridgehead atoms. The Balaban J connectivity index is 1.89. The van der Waals surface area contributed by atoms with E-state index in [2.05, 4.69) is 18.3 Å². The summed E-state index contributed by atoms with van der Waals surface area (Å²) in [4.78, 5) is 13.2. The van der Waals surface area contributed by atoms with Crippen molar-refractivity contribution in [1.82, 2.24) is 0 Å². The summed E-state index contributed by atoms with van der Waals surface area (Å²) in [6.45, 7) is 2.12. The highest BCUT2D eigenvalue weighted by Crippen LogP contribution is 2.27. The zero-order valence-corrected chi connectivity index (χ0v) is 12.2. The Morgan fingerprint density at radius 3 is 3.00 bits per heavy atom. The summed E-state index contributed by atoms with van der Waals surface area (Å²) in [6.07, 6.45) is 3.84. The summed E-state index contributed by atoms with van der Waals surface area (Å²) in [5, 5.41) is 2.98. The molecule has 1 aliphatic carbocycles. The molecule has 0 spiro atoms. The molecule has 4 heteroatoms. The lowest BCUT2D eigenvalue weighted by Crippen LogP contribution is -2.28. The van der Waals surface area contributed by atoms with E-state index < -0.39 is 0 Å². The first-order chi connectivity index (χ1) is 9.19. The second-order valence-electron chi connectivity index (χ2n) is 5.07. The number of hydrogen-bond donors (Lipinski definition) is 2. The van der Waals surface area contributed by atoms with Crippen LogP contribution in [0.25, 0.3) is 0 Å². The molecule has 1 aromatic rings. The van der Waals surface area contributed by atoms with Crippen LogP contribution in [-0.4, -0.2) is 17.7 Å². The van der Waals surface area contributed by atoms with Crippen LogP contribution in [0.15, 0.2) is 29.2 Å². The van der Waals surface area contributed by atoms with Gasteiger partial charge >= 0.3 is 0 Å². The van der Waals surface area contributed by atoms with Gasteiger partial charge in [-0.2, -0.15) is 0 Å². The number of carbonyl (C=O) groups is 1. The maximum Gasteiger partial charge on any atom is 0.224 e. The molecule has 0 heterocycles. The van der Waals surface area contributed by atoms with Crippen molar-refractivity contribution in [3.8, 4) is 0 Å². The standard InChI is InChI=1S/C15H22N2OS/c1-2-19-13-7-4-6-12(10-13)17-15(18)9-11-5-3-8-14(11)16/h4,6-7,10-11,14H,2-3,5,8-9,16H2,1H3,(H,17,18)/t11-,14+/m0/s1. The van der Waals surface area contributed by atoms with Crippen LogP contribution in [0.4, 0.5) is 5.69 Å². The first-order valence-corrected chi connectivity index (χ1v) is 7.96. The third-order valence-corrected chi connectivity index (χ3v) is 4.47. The Bertz CT molecular complexity index is 436. The van der Waals surface area contributed by atoms with Crippen LogP contribution in [0.1, 0.15) is 32.6 Å². The molecule has 3 N–H and O–H groups in total. The Hall–Kier alpha value is -1.00. The summed E-state index contributed by atoms with van der Waals surface area (Å²) in [5.74, 6) is 1.48. The van der Waals surface area contributed by atoms with E-state index in [1.807, 2.05) is 18.2 Å². The molecule has 3 nitrogen and oxygen atoms in total. The van der Waals surface area contributed by atoms with Gasteiger partial charge in [0.15, 0.2) is 0 Å². The van der Waals surface area contributed by atoms with E-state index in [4.69, 9.17) is 5.73 Å². The molecule has 0 saturated heterocycles. The van der Waals surface area contributed by atoms with E-state index in [0.717, 1.165) is 30.7 Å². The van der Waals surface area contributed by atoms with E-state index in [9.17, 15) is 4.79 Å². The predicted molar refractivity (Wildman–Crippen MR) is 81.4 cm³/mol. The molecule has 0 aliphatic heterocycles. The molecule has 1 aliphatic rings. The number of carbonyl (C=O) groups excluding carboxylic acids is 1. The van der Waals surface area contributed by atoms with E-state index in [1.165, 1.54) is 4.90 Å². The number of rotatable bonds is 5. The predicted octanol–water partition coefficient (Wildman–Crippen LogP) is 3.25. The minimum absolute atomic E-state index is 0.0843. The Morgan fingerprint density at radius 2 is 2.32 bits per heavy atom. The molecule has 0 unspecified atom stereocenters. The van der Waals surface area contributed by atoms with E-state index in [-0.39, 0.29) is 11.9 Å². The summed E-state index contributed by atoms with van der Waals surface area (Å²) >= 11 is 1.78.